The van der Waals surface area contributed by atoms with Gasteiger partial charge in [-0.2, -0.15) is 13.2 Å². The lowest BCUT2D eigenvalue weighted by Gasteiger charge is -2.20. The number of furan rings is 1. The summed E-state index contributed by atoms with van der Waals surface area (Å²) in [7, 11) is 0. The monoisotopic (exact) mass is 304 g/mol. The fourth-order valence-electron chi connectivity index (χ4n) is 1.76. The lowest BCUT2D eigenvalue weighted by Crippen LogP contribution is -2.37. The Kier molecular flexibility index (Phi) is 4.32. The molecule has 0 aliphatic heterocycles. The molecule has 0 amide bonds. The van der Waals surface area contributed by atoms with E-state index in [1.54, 1.807) is 12.1 Å². The van der Waals surface area contributed by atoms with E-state index < -0.39 is 25.2 Å². The molecule has 0 aliphatic rings. The van der Waals surface area contributed by atoms with Crippen LogP contribution >= 0.6 is 0 Å². The highest BCUT2D eigenvalue weighted by Crippen LogP contribution is 2.22. The number of aromatic nitrogens is 1. The molecule has 0 bridgehead atoms. The predicted molar refractivity (Wildman–Crippen MR) is 63.2 cm³/mol. The summed E-state index contributed by atoms with van der Waals surface area (Å²) in [5.41, 5.74) is 0.187. The van der Waals surface area contributed by atoms with Crippen molar-refractivity contribution < 1.29 is 32.0 Å². The van der Waals surface area contributed by atoms with E-state index in [0.29, 0.717) is 10.7 Å². The Bertz CT molecular complexity index is 592. The van der Waals surface area contributed by atoms with Crippen LogP contribution in [-0.4, -0.2) is 40.4 Å². The molecule has 2 heterocycles. The first-order chi connectivity index (χ1) is 9.83. The lowest BCUT2D eigenvalue weighted by molar-refractivity contribution is -0.155. The van der Waals surface area contributed by atoms with Gasteiger partial charge >= 0.3 is 12.1 Å². The number of nitrogens with zero attached hydrogens (tertiary/aromatic N) is 2. The van der Waals surface area contributed by atoms with Gasteiger partial charge < -0.3 is 14.0 Å². The maximum absolute atomic E-state index is 12.4. The van der Waals surface area contributed by atoms with Gasteiger partial charge in [-0.25, -0.2) is 0 Å². The Morgan fingerprint density at radius 2 is 2.14 bits per heavy atom. The van der Waals surface area contributed by atoms with E-state index >= 15 is 0 Å². The second-order valence-electron chi connectivity index (χ2n) is 4.31. The molecule has 0 saturated carbocycles. The van der Waals surface area contributed by atoms with Gasteiger partial charge in [0.15, 0.2) is 5.76 Å². The molecule has 2 aromatic rings. The van der Waals surface area contributed by atoms with Crippen molar-refractivity contribution in [3.05, 3.63) is 30.2 Å². The van der Waals surface area contributed by atoms with E-state index in [1.807, 2.05) is 0 Å². The molecule has 2 rings (SSSR count). The second kappa shape index (κ2) is 6.00. The molecular formula is C12H11F3N2O4. The van der Waals surface area contributed by atoms with Crippen LogP contribution in [0.4, 0.5) is 13.2 Å². The Morgan fingerprint density at radius 3 is 2.71 bits per heavy atom. The molecule has 21 heavy (non-hydrogen) atoms. The molecule has 0 fully saturated rings. The quantitative estimate of drug-likeness (QED) is 0.882. The molecule has 0 aromatic carbocycles. The maximum Gasteiger partial charge on any atom is 0.401 e. The summed E-state index contributed by atoms with van der Waals surface area (Å²) in [4.78, 5) is 11.3. The van der Waals surface area contributed by atoms with Crippen LogP contribution in [0.1, 0.15) is 5.69 Å². The number of halogens is 3. The van der Waals surface area contributed by atoms with Crippen LogP contribution in [0.5, 0.6) is 0 Å². The van der Waals surface area contributed by atoms with Crippen LogP contribution in [0, 0.1) is 0 Å². The SMILES string of the molecule is O=C(O)CN(Cc1cc(-c2ccco2)on1)CC(F)(F)F. The molecule has 0 atom stereocenters. The number of hydrogen-bond donors (Lipinski definition) is 1. The van der Waals surface area contributed by atoms with Gasteiger partial charge in [0.2, 0.25) is 5.76 Å². The third-order valence-electron chi connectivity index (χ3n) is 2.47. The van der Waals surface area contributed by atoms with Crippen molar-refractivity contribution in [1.82, 2.24) is 10.1 Å². The minimum absolute atomic E-state index is 0.187. The summed E-state index contributed by atoms with van der Waals surface area (Å²) in [6.45, 7) is -2.39. The molecule has 0 saturated heterocycles. The number of carboxylic acids is 1. The van der Waals surface area contributed by atoms with Crippen LogP contribution in [0.2, 0.25) is 0 Å². The number of carbonyl (C=O) groups is 1. The molecule has 1 N–H and O–H groups in total. The predicted octanol–water partition coefficient (Wildman–Crippen LogP) is 2.38. The van der Waals surface area contributed by atoms with Gasteiger partial charge in [-0.15, -0.1) is 0 Å². The molecule has 0 unspecified atom stereocenters. The van der Waals surface area contributed by atoms with Crippen LogP contribution in [0.25, 0.3) is 11.5 Å². The number of carboxylic acid groups (broad SMARTS) is 1. The van der Waals surface area contributed by atoms with Gasteiger partial charge in [0, 0.05) is 12.6 Å². The zero-order valence-electron chi connectivity index (χ0n) is 10.6. The van der Waals surface area contributed by atoms with E-state index in [1.165, 1.54) is 12.3 Å². The first-order valence-electron chi connectivity index (χ1n) is 5.84. The molecule has 0 radical (unpaired) electrons. The number of aliphatic carboxylic acids is 1. The van der Waals surface area contributed by atoms with Gasteiger partial charge in [-0.3, -0.25) is 9.69 Å². The van der Waals surface area contributed by atoms with Gasteiger partial charge in [-0.05, 0) is 12.1 Å². The topological polar surface area (TPSA) is 79.7 Å². The van der Waals surface area contributed by atoms with Crippen molar-refractivity contribution >= 4 is 5.97 Å². The van der Waals surface area contributed by atoms with Gasteiger partial charge in [0.25, 0.3) is 0 Å². The molecule has 9 heteroatoms. The summed E-state index contributed by atoms with van der Waals surface area (Å²) in [5, 5.41) is 12.3. The molecule has 6 nitrogen and oxygen atoms in total. The standard InChI is InChI=1S/C12H11F3N2O4/c13-12(14,15)7-17(6-11(18)19)5-8-4-10(21-16-8)9-2-1-3-20-9/h1-4H,5-7H2,(H,18,19). The summed E-state index contributed by atoms with van der Waals surface area (Å²) >= 11 is 0. The summed E-state index contributed by atoms with van der Waals surface area (Å²) in [5.74, 6) is -0.708. The van der Waals surface area contributed by atoms with Crippen molar-refractivity contribution in [3.8, 4) is 11.5 Å². The van der Waals surface area contributed by atoms with Crippen molar-refractivity contribution in [1.29, 1.82) is 0 Å². The van der Waals surface area contributed by atoms with Crippen LogP contribution in [-0.2, 0) is 11.3 Å². The summed E-state index contributed by atoms with van der Waals surface area (Å²) in [6, 6.07) is 4.64. The zero-order valence-corrected chi connectivity index (χ0v) is 10.6. The number of rotatable bonds is 6. The Labute approximate surface area is 116 Å². The highest BCUT2D eigenvalue weighted by molar-refractivity contribution is 5.69. The minimum atomic E-state index is -4.50. The van der Waals surface area contributed by atoms with Crippen LogP contribution < -0.4 is 0 Å². The lowest BCUT2D eigenvalue weighted by atomic mass is 10.3. The zero-order chi connectivity index (χ0) is 15.5. The van der Waals surface area contributed by atoms with Crippen LogP contribution in [0.15, 0.2) is 33.4 Å². The van der Waals surface area contributed by atoms with Gasteiger partial charge in [0.1, 0.15) is 0 Å². The van der Waals surface area contributed by atoms with E-state index in [0.717, 1.165) is 0 Å². The summed E-state index contributed by atoms with van der Waals surface area (Å²) < 4.78 is 47.2. The highest BCUT2D eigenvalue weighted by atomic mass is 19.4. The maximum atomic E-state index is 12.4. The first-order valence-corrected chi connectivity index (χ1v) is 5.84. The molecular weight excluding hydrogens is 293 g/mol. The highest BCUT2D eigenvalue weighted by Gasteiger charge is 2.32. The van der Waals surface area contributed by atoms with Crippen molar-refractivity contribution in [2.45, 2.75) is 12.7 Å². The molecule has 0 spiro atoms. The Hall–Kier alpha value is -2.29. The average molecular weight is 304 g/mol. The first kappa shape index (κ1) is 15.1. The fraction of sp³-hybridized carbons (Fsp3) is 0.333. The Morgan fingerprint density at radius 1 is 1.38 bits per heavy atom. The van der Waals surface area contributed by atoms with Crippen molar-refractivity contribution in [2.24, 2.45) is 0 Å². The second-order valence-corrected chi connectivity index (χ2v) is 4.31. The van der Waals surface area contributed by atoms with E-state index in [4.69, 9.17) is 14.0 Å². The van der Waals surface area contributed by atoms with Crippen molar-refractivity contribution in [3.63, 3.8) is 0 Å². The van der Waals surface area contributed by atoms with E-state index in [-0.39, 0.29) is 18.0 Å². The normalized spacial score (nSPS) is 12.0. The average Bonchev–Trinajstić information content (AvgIpc) is 2.94. The number of alkyl halides is 3. The van der Waals surface area contributed by atoms with Crippen LogP contribution in [0.3, 0.4) is 0 Å². The van der Waals surface area contributed by atoms with Crippen molar-refractivity contribution in [2.75, 3.05) is 13.1 Å². The van der Waals surface area contributed by atoms with Gasteiger partial charge in [0.05, 0.1) is 25.0 Å². The molecule has 2 aromatic heterocycles. The molecule has 0 aliphatic carbocycles. The Balaban J connectivity index is 2.07. The minimum Gasteiger partial charge on any atom is -0.480 e. The smallest absolute Gasteiger partial charge is 0.401 e. The van der Waals surface area contributed by atoms with E-state index in [9.17, 15) is 18.0 Å². The summed E-state index contributed by atoms with van der Waals surface area (Å²) in [6.07, 6.45) is -3.08. The molecule has 114 valence electrons. The third-order valence-corrected chi connectivity index (χ3v) is 2.47. The van der Waals surface area contributed by atoms with E-state index in [2.05, 4.69) is 5.16 Å². The fourth-order valence-corrected chi connectivity index (χ4v) is 1.76. The van der Waals surface area contributed by atoms with Gasteiger partial charge in [-0.1, -0.05) is 5.16 Å². The number of hydrogen-bond acceptors (Lipinski definition) is 5. The largest absolute Gasteiger partial charge is 0.480 e. The third kappa shape index (κ3) is 4.63.